The highest BCUT2D eigenvalue weighted by molar-refractivity contribution is 6.52. The molecule has 2 N–H and O–H groups in total. The van der Waals surface area contributed by atoms with Crippen molar-refractivity contribution in [1.29, 1.82) is 0 Å². The first-order valence-corrected chi connectivity index (χ1v) is 14.1. The van der Waals surface area contributed by atoms with Crippen molar-refractivity contribution >= 4 is 45.8 Å². The normalized spacial score (nSPS) is 14.0. The molecule has 10 nitrogen and oxygen atoms in total. The number of para-hydroxylation sites is 2. The predicted octanol–water partition coefficient (Wildman–Crippen LogP) is 4.97. The molecule has 0 saturated heterocycles. The molecule has 7 rings (SSSR count). The van der Waals surface area contributed by atoms with Crippen LogP contribution >= 0.6 is 0 Å². The quantitative estimate of drug-likeness (QED) is 0.241. The number of carbonyl (C=O) groups is 4. The summed E-state index contributed by atoms with van der Waals surface area (Å²) in [6.45, 7) is -0.542. The highest BCUT2D eigenvalue weighted by Gasteiger charge is 2.40. The largest absolute Gasteiger partial charge is 0.454 e. The van der Waals surface area contributed by atoms with E-state index in [0.717, 1.165) is 10.4 Å². The van der Waals surface area contributed by atoms with Crippen LogP contribution in [0.5, 0.6) is 11.5 Å². The number of aromatic amines is 1. The molecular formula is C34H25FN4O6. The summed E-state index contributed by atoms with van der Waals surface area (Å²) in [6.07, 6.45) is 1.67. The summed E-state index contributed by atoms with van der Waals surface area (Å²) < 4.78 is 24.7. The summed E-state index contributed by atoms with van der Waals surface area (Å²) in [5.41, 5.74) is 2.73. The second kappa shape index (κ2) is 11.3. The SMILES string of the molecule is O=C1C(=O)N(CC(=O)N(Cc2ccc(F)cc2)[C@H](C(=O)Nc2ccc3c(c2)OCO3)c2c[nH]c3ccccc23)c2ccccc21. The van der Waals surface area contributed by atoms with Crippen molar-refractivity contribution in [1.82, 2.24) is 9.88 Å². The number of ketones is 1. The number of hydrogen-bond acceptors (Lipinski definition) is 6. The van der Waals surface area contributed by atoms with Gasteiger partial charge in [0.25, 0.3) is 17.6 Å². The number of carbonyl (C=O) groups excluding carboxylic acids is 4. The lowest BCUT2D eigenvalue weighted by atomic mass is 10.0. The number of halogens is 1. The third-order valence-corrected chi connectivity index (χ3v) is 7.87. The molecule has 3 amide bonds. The number of nitrogens with one attached hydrogen (secondary N) is 2. The van der Waals surface area contributed by atoms with Crippen molar-refractivity contribution in [3.63, 3.8) is 0 Å². The lowest BCUT2D eigenvalue weighted by molar-refractivity contribution is -0.139. The Balaban J connectivity index is 1.30. The van der Waals surface area contributed by atoms with E-state index < -0.39 is 41.9 Å². The summed E-state index contributed by atoms with van der Waals surface area (Å²) in [6, 6.07) is 23.1. The molecule has 224 valence electrons. The van der Waals surface area contributed by atoms with Gasteiger partial charge in [0.2, 0.25) is 12.7 Å². The minimum absolute atomic E-state index is 0.0610. The monoisotopic (exact) mass is 604 g/mol. The van der Waals surface area contributed by atoms with Crippen LogP contribution in [0.25, 0.3) is 10.9 Å². The van der Waals surface area contributed by atoms with Gasteiger partial charge in [-0.05, 0) is 48.0 Å². The Labute approximate surface area is 256 Å². The van der Waals surface area contributed by atoms with Gasteiger partial charge in [-0.2, -0.15) is 0 Å². The molecule has 0 unspecified atom stereocenters. The number of Topliss-reactive ketones (excluding diaryl/α,β-unsaturated/α-hetero) is 1. The van der Waals surface area contributed by atoms with Crippen LogP contribution in [-0.2, 0) is 20.9 Å². The predicted molar refractivity (Wildman–Crippen MR) is 162 cm³/mol. The van der Waals surface area contributed by atoms with Gasteiger partial charge in [0.05, 0.1) is 11.3 Å². The maximum absolute atomic E-state index is 14.3. The summed E-state index contributed by atoms with van der Waals surface area (Å²) in [7, 11) is 0. The zero-order valence-electron chi connectivity index (χ0n) is 23.7. The molecule has 0 aliphatic carbocycles. The Morgan fingerprint density at radius 2 is 1.69 bits per heavy atom. The first-order valence-electron chi connectivity index (χ1n) is 14.1. The van der Waals surface area contributed by atoms with E-state index in [1.807, 2.05) is 24.3 Å². The van der Waals surface area contributed by atoms with Crippen molar-refractivity contribution in [2.75, 3.05) is 23.6 Å². The number of hydrogen-bond donors (Lipinski definition) is 2. The molecule has 45 heavy (non-hydrogen) atoms. The molecule has 3 heterocycles. The van der Waals surface area contributed by atoms with Crippen molar-refractivity contribution in [2.24, 2.45) is 0 Å². The molecule has 1 aromatic heterocycles. The number of benzene rings is 4. The highest BCUT2D eigenvalue weighted by atomic mass is 19.1. The Morgan fingerprint density at radius 1 is 0.933 bits per heavy atom. The molecule has 2 aliphatic rings. The molecule has 0 bridgehead atoms. The number of amides is 3. The van der Waals surface area contributed by atoms with Gasteiger partial charge in [-0.15, -0.1) is 0 Å². The van der Waals surface area contributed by atoms with E-state index in [1.165, 1.54) is 35.2 Å². The fourth-order valence-corrected chi connectivity index (χ4v) is 5.70. The van der Waals surface area contributed by atoms with Gasteiger partial charge in [-0.25, -0.2) is 4.39 Å². The number of ether oxygens (including phenoxy) is 2. The highest BCUT2D eigenvalue weighted by Crippen LogP contribution is 2.36. The molecule has 2 aliphatic heterocycles. The molecule has 5 aromatic rings. The lowest BCUT2D eigenvalue weighted by Gasteiger charge is -2.32. The standard InChI is InChI=1S/C34H25FN4O6/c35-21-11-9-20(10-12-21)17-39(30(40)18-38-27-8-4-2-6-24(27)32(41)34(38)43)31(25-16-36-26-7-3-1-5-23(25)26)33(42)37-22-13-14-28-29(15-22)45-19-44-28/h1-16,31,36H,17-19H2,(H,37,42)/t31-/m0/s1. The lowest BCUT2D eigenvalue weighted by Crippen LogP contribution is -2.46. The van der Waals surface area contributed by atoms with Crippen molar-refractivity contribution in [3.05, 3.63) is 120 Å². The number of fused-ring (bicyclic) bond motifs is 3. The fraction of sp³-hybridized carbons (Fsp3) is 0.118. The zero-order valence-corrected chi connectivity index (χ0v) is 23.7. The summed E-state index contributed by atoms with van der Waals surface area (Å²) in [5.74, 6) is -2.14. The zero-order chi connectivity index (χ0) is 31.1. The van der Waals surface area contributed by atoms with Crippen molar-refractivity contribution in [3.8, 4) is 11.5 Å². The fourth-order valence-electron chi connectivity index (χ4n) is 5.70. The number of aromatic nitrogens is 1. The van der Waals surface area contributed by atoms with E-state index in [-0.39, 0.29) is 18.9 Å². The van der Waals surface area contributed by atoms with E-state index in [2.05, 4.69) is 10.3 Å². The van der Waals surface area contributed by atoms with Gasteiger partial charge >= 0.3 is 0 Å². The second-order valence-electron chi connectivity index (χ2n) is 10.6. The van der Waals surface area contributed by atoms with Gasteiger partial charge in [0.1, 0.15) is 18.4 Å². The van der Waals surface area contributed by atoms with Crippen LogP contribution in [0.2, 0.25) is 0 Å². The minimum Gasteiger partial charge on any atom is -0.454 e. The minimum atomic E-state index is -1.22. The van der Waals surface area contributed by atoms with Gasteiger partial charge in [-0.1, -0.05) is 42.5 Å². The molecule has 0 radical (unpaired) electrons. The van der Waals surface area contributed by atoms with Crippen molar-refractivity contribution < 1.29 is 33.0 Å². The van der Waals surface area contributed by atoms with Crippen LogP contribution in [0.3, 0.4) is 0 Å². The molecule has 0 spiro atoms. The molecule has 0 fully saturated rings. The first-order chi connectivity index (χ1) is 21.9. The second-order valence-corrected chi connectivity index (χ2v) is 10.6. The summed E-state index contributed by atoms with van der Waals surface area (Å²) >= 11 is 0. The van der Waals surface area contributed by atoms with E-state index in [1.54, 1.807) is 42.6 Å². The topological polar surface area (TPSA) is 121 Å². The maximum Gasteiger partial charge on any atom is 0.299 e. The van der Waals surface area contributed by atoms with Crippen LogP contribution < -0.4 is 19.7 Å². The van der Waals surface area contributed by atoms with Crippen molar-refractivity contribution in [2.45, 2.75) is 12.6 Å². The van der Waals surface area contributed by atoms with Gasteiger partial charge < -0.3 is 24.7 Å². The van der Waals surface area contributed by atoms with Gasteiger partial charge in [0, 0.05) is 41.0 Å². The maximum atomic E-state index is 14.3. The van der Waals surface area contributed by atoms with Crippen LogP contribution in [0, 0.1) is 5.82 Å². The van der Waals surface area contributed by atoms with Crippen LogP contribution in [0.4, 0.5) is 15.8 Å². The van der Waals surface area contributed by atoms with Gasteiger partial charge in [-0.3, -0.25) is 24.1 Å². The molecular weight excluding hydrogens is 579 g/mol. The Bertz CT molecular complexity index is 1990. The molecule has 0 saturated carbocycles. The smallest absolute Gasteiger partial charge is 0.299 e. The number of H-pyrrole nitrogens is 1. The van der Waals surface area contributed by atoms with Crippen LogP contribution in [0.15, 0.2) is 97.2 Å². The summed E-state index contributed by atoms with van der Waals surface area (Å²) in [4.78, 5) is 60.0. The van der Waals surface area contributed by atoms with E-state index in [4.69, 9.17) is 9.47 Å². The van der Waals surface area contributed by atoms with E-state index in [0.29, 0.717) is 39.4 Å². The molecule has 1 atom stereocenters. The molecule has 11 heteroatoms. The Morgan fingerprint density at radius 3 is 2.53 bits per heavy atom. The number of nitrogens with zero attached hydrogens (tertiary/aromatic N) is 2. The van der Waals surface area contributed by atoms with Crippen LogP contribution in [0.1, 0.15) is 27.5 Å². The average Bonchev–Trinajstić information content (AvgIpc) is 3.76. The number of anilines is 2. The van der Waals surface area contributed by atoms with E-state index >= 15 is 0 Å². The first kappa shape index (κ1) is 27.8. The van der Waals surface area contributed by atoms with E-state index in [9.17, 15) is 23.6 Å². The van der Waals surface area contributed by atoms with Crippen LogP contribution in [-0.4, -0.2) is 46.7 Å². The third kappa shape index (κ3) is 5.14. The molecule has 4 aromatic carbocycles. The third-order valence-electron chi connectivity index (χ3n) is 7.87. The Kier molecular flexibility index (Phi) is 6.97. The Hall–Kier alpha value is -5.97. The average molecular weight is 605 g/mol. The van der Waals surface area contributed by atoms with Gasteiger partial charge in [0.15, 0.2) is 11.5 Å². The summed E-state index contributed by atoms with van der Waals surface area (Å²) in [5, 5.41) is 3.61. The number of rotatable bonds is 8.